The Morgan fingerprint density at radius 1 is 1.42 bits per heavy atom. The Morgan fingerprint density at radius 3 is 2.79 bits per heavy atom. The largest absolute Gasteiger partial charge is 0.304 e. The van der Waals surface area contributed by atoms with Crippen LogP contribution in [0.4, 0.5) is 0 Å². The van der Waals surface area contributed by atoms with E-state index in [0.29, 0.717) is 6.04 Å². The van der Waals surface area contributed by atoms with E-state index in [1.54, 1.807) is 11.3 Å². The third-order valence-electron chi connectivity index (χ3n) is 3.19. The maximum Gasteiger partial charge on any atom is 0.0931 e. The molecule has 0 aromatic carbocycles. The first-order valence-corrected chi connectivity index (χ1v) is 7.87. The van der Waals surface area contributed by atoms with Crippen LogP contribution in [0.25, 0.3) is 0 Å². The SMILES string of the molecule is CCc1cc(CNC(C)c2ccc(Cl)s2)n(CC)n1. The van der Waals surface area contributed by atoms with Crippen LogP contribution < -0.4 is 5.32 Å². The molecule has 0 bridgehead atoms. The lowest BCUT2D eigenvalue weighted by molar-refractivity contribution is 0.535. The van der Waals surface area contributed by atoms with Gasteiger partial charge in [0.15, 0.2) is 0 Å². The molecule has 0 saturated carbocycles. The predicted octanol–water partition coefficient (Wildman–Crippen LogP) is 4.03. The van der Waals surface area contributed by atoms with Gasteiger partial charge in [-0.3, -0.25) is 4.68 Å². The van der Waals surface area contributed by atoms with Crippen molar-refractivity contribution in [2.24, 2.45) is 0 Å². The van der Waals surface area contributed by atoms with Gasteiger partial charge in [-0.25, -0.2) is 0 Å². The Labute approximate surface area is 123 Å². The zero-order chi connectivity index (χ0) is 13.8. The van der Waals surface area contributed by atoms with Gasteiger partial charge in [-0.05, 0) is 38.5 Å². The Kier molecular flexibility index (Phi) is 5.02. The van der Waals surface area contributed by atoms with Crippen LogP contribution in [0.1, 0.15) is 43.1 Å². The topological polar surface area (TPSA) is 29.9 Å². The third-order valence-corrected chi connectivity index (χ3v) is 4.60. The second-order valence-corrected chi connectivity index (χ2v) is 6.29. The highest BCUT2D eigenvalue weighted by molar-refractivity contribution is 7.16. The van der Waals surface area contributed by atoms with Crippen molar-refractivity contribution in [1.82, 2.24) is 15.1 Å². The van der Waals surface area contributed by atoms with E-state index in [0.717, 1.165) is 29.5 Å². The Bertz CT molecular complexity index is 533. The first-order valence-electron chi connectivity index (χ1n) is 6.68. The van der Waals surface area contributed by atoms with E-state index >= 15 is 0 Å². The van der Waals surface area contributed by atoms with Crippen LogP contribution in [-0.4, -0.2) is 9.78 Å². The molecule has 0 fully saturated rings. The average molecular weight is 298 g/mol. The summed E-state index contributed by atoms with van der Waals surface area (Å²) >= 11 is 7.60. The van der Waals surface area contributed by atoms with E-state index in [4.69, 9.17) is 11.6 Å². The number of nitrogens with zero attached hydrogens (tertiary/aromatic N) is 2. The summed E-state index contributed by atoms with van der Waals surface area (Å²) in [6.45, 7) is 8.16. The molecule has 0 aliphatic heterocycles. The monoisotopic (exact) mass is 297 g/mol. The normalized spacial score (nSPS) is 12.8. The molecular formula is C14H20ClN3S. The van der Waals surface area contributed by atoms with Gasteiger partial charge in [-0.1, -0.05) is 18.5 Å². The van der Waals surface area contributed by atoms with Gasteiger partial charge in [0.1, 0.15) is 0 Å². The minimum Gasteiger partial charge on any atom is -0.304 e. The quantitative estimate of drug-likeness (QED) is 0.872. The van der Waals surface area contributed by atoms with Crippen molar-refractivity contribution in [3.63, 3.8) is 0 Å². The molecular weight excluding hydrogens is 278 g/mol. The Hall–Kier alpha value is -0.840. The van der Waals surface area contributed by atoms with E-state index in [2.05, 4.69) is 48.0 Å². The van der Waals surface area contributed by atoms with Gasteiger partial charge in [0.05, 0.1) is 15.7 Å². The summed E-state index contributed by atoms with van der Waals surface area (Å²) in [7, 11) is 0. The summed E-state index contributed by atoms with van der Waals surface area (Å²) in [5.74, 6) is 0. The number of nitrogens with one attached hydrogen (secondary N) is 1. The van der Waals surface area contributed by atoms with Crippen LogP contribution in [0.15, 0.2) is 18.2 Å². The first-order chi connectivity index (χ1) is 9.13. The van der Waals surface area contributed by atoms with E-state index in [1.165, 1.54) is 10.6 Å². The summed E-state index contributed by atoms with van der Waals surface area (Å²) in [6, 6.07) is 6.53. The number of halogens is 1. The predicted molar refractivity (Wildman–Crippen MR) is 81.9 cm³/mol. The molecule has 0 spiro atoms. The molecule has 2 heterocycles. The van der Waals surface area contributed by atoms with Crippen LogP contribution in [0.2, 0.25) is 4.34 Å². The summed E-state index contributed by atoms with van der Waals surface area (Å²) in [5.41, 5.74) is 2.40. The van der Waals surface area contributed by atoms with E-state index < -0.39 is 0 Å². The van der Waals surface area contributed by atoms with Gasteiger partial charge in [-0.15, -0.1) is 11.3 Å². The minimum absolute atomic E-state index is 0.308. The lowest BCUT2D eigenvalue weighted by Crippen LogP contribution is -2.19. The molecule has 0 saturated heterocycles. The van der Waals surface area contributed by atoms with Crippen LogP contribution in [0.3, 0.4) is 0 Å². The molecule has 2 rings (SSSR count). The highest BCUT2D eigenvalue weighted by Gasteiger charge is 2.10. The van der Waals surface area contributed by atoms with Gasteiger partial charge < -0.3 is 5.32 Å². The van der Waals surface area contributed by atoms with Crippen molar-refractivity contribution >= 4 is 22.9 Å². The number of rotatable bonds is 6. The van der Waals surface area contributed by atoms with E-state index in [9.17, 15) is 0 Å². The molecule has 0 radical (unpaired) electrons. The minimum atomic E-state index is 0.308. The third kappa shape index (κ3) is 3.59. The Balaban J connectivity index is 2.00. The molecule has 2 aromatic heterocycles. The maximum atomic E-state index is 5.97. The molecule has 1 unspecified atom stereocenters. The van der Waals surface area contributed by atoms with Gasteiger partial charge in [0.2, 0.25) is 0 Å². The fourth-order valence-electron chi connectivity index (χ4n) is 2.02. The molecule has 19 heavy (non-hydrogen) atoms. The maximum absolute atomic E-state index is 5.97. The summed E-state index contributed by atoms with van der Waals surface area (Å²) in [6.07, 6.45) is 0.982. The Morgan fingerprint density at radius 2 is 2.21 bits per heavy atom. The molecule has 0 aliphatic carbocycles. The summed E-state index contributed by atoms with van der Waals surface area (Å²) < 4.78 is 2.91. The van der Waals surface area contributed by atoms with Crippen molar-refractivity contribution in [2.45, 2.75) is 46.3 Å². The molecule has 0 amide bonds. The fraction of sp³-hybridized carbons (Fsp3) is 0.500. The van der Waals surface area contributed by atoms with Crippen LogP contribution in [-0.2, 0) is 19.5 Å². The van der Waals surface area contributed by atoms with Crippen LogP contribution in [0.5, 0.6) is 0 Å². The lowest BCUT2D eigenvalue weighted by atomic mass is 10.2. The van der Waals surface area contributed by atoms with Gasteiger partial charge in [0.25, 0.3) is 0 Å². The summed E-state index contributed by atoms with van der Waals surface area (Å²) in [4.78, 5) is 1.27. The molecule has 1 atom stereocenters. The molecule has 104 valence electrons. The molecule has 2 aromatic rings. The molecule has 0 aliphatic rings. The highest BCUT2D eigenvalue weighted by Crippen LogP contribution is 2.26. The van der Waals surface area contributed by atoms with Gasteiger partial charge in [-0.2, -0.15) is 5.10 Å². The zero-order valence-electron chi connectivity index (χ0n) is 11.6. The summed E-state index contributed by atoms with van der Waals surface area (Å²) in [5, 5.41) is 8.09. The van der Waals surface area contributed by atoms with Crippen molar-refractivity contribution in [3.05, 3.63) is 38.8 Å². The second-order valence-electron chi connectivity index (χ2n) is 4.54. The molecule has 5 heteroatoms. The molecule has 1 N–H and O–H groups in total. The highest BCUT2D eigenvalue weighted by atomic mass is 35.5. The molecule has 3 nitrogen and oxygen atoms in total. The van der Waals surface area contributed by atoms with Crippen LogP contribution >= 0.6 is 22.9 Å². The van der Waals surface area contributed by atoms with Crippen molar-refractivity contribution in [3.8, 4) is 0 Å². The number of hydrogen-bond donors (Lipinski definition) is 1. The smallest absolute Gasteiger partial charge is 0.0931 e. The number of hydrogen-bond acceptors (Lipinski definition) is 3. The average Bonchev–Trinajstić information content (AvgIpc) is 3.01. The van der Waals surface area contributed by atoms with E-state index in [1.807, 2.05) is 6.07 Å². The first kappa shape index (κ1) is 14.6. The van der Waals surface area contributed by atoms with Crippen molar-refractivity contribution in [1.29, 1.82) is 0 Å². The van der Waals surface area contributed by atoms with Crippen molar-refractivity contribution in [2.75, 3.05) is 0 Å². The van der Waals surface area contributed by atoms with Gasteiger partial charge >= 0.3 is 0 Å². The second kappa shape index (κ2) is 6.55. The van der Waals surface area contributed by atoms with Crippen molar-refractivity contribution < 1.29 is 0 Å². The van der Waals surface area contributed by atoms with Crippen LogP contribution in [0, 0.1) is 0 Å². The number of aryl methyl sites for hydroxylation is 2. The standard InChI is InChI=1S/C14H20ClN3S/c1-4-11-8-12(18(5-2)17-11)9-16-10(3)13-6-7-14(15)19-13/h6-8,10,16H,4-5,9H2,1-3H3. The fourth-order valence-corrected chi connectivity index (χ4v) is 3.11. The number of aromatic nitrogens is 2. The zero-order valence-corrected chi connectivity index (χ0v) is 13.2. The van der Waals surface area contributed by atoms with Gasteiger partial charge in [0, 0.05) is 24.0 Å². The number of thiophene rings is 1. The lowest BCUT2D eigenvalue weighted by Gasteiger charge is -2.12. The van der Waals surface area contributed by atoms with E-state index in [-0.39, 0.29) is 0 Å².